The molecule has 2 saturated heterocycles. The summed E-state index contributed by atoms with van der Waals surface area (Å²) in [6.07, 6.45) is -10.9. The van der Waals surface area contributed by atoms with Crippen LogP contribution in [0.5, 0.6) is 0 Å². The molecule has 1 N–H and O–H groups in total. The minimum atomic E-state index is -4.76. The first kappa shape index (κ1) is 25.3. The van der Waals surface area contributed by atoms with Crippen LogP contribution in [0.3, 0.4) is 0 Å². The Hall–Kier alpha value is -3.78. The molecule has 2 aliphatic heterocycles. The first-order chi connectivity index (χ1) is 16.7. The third-order valence-corrected chi connectivity index (χ3v) is 5.75. The summed E-state index contributed by atoms with van der Waals surface area (Å²) in [5.74, 6) is -4.20. The normalized spacial score (nSPS) is 21.3. The van der Waals surface area contributed by atoms with Crippen LogP contribution in [0.1, 0.15) is 24.0 Å². The van der Waals surface area contributed by atoms with Crippen LogP contribution in [0.25, 0.3) is 0 Å². The van der Waals surface area contributed by atoms with E-state index >= 15 is 0 Å². The van der Waals surface area contributed by atoms with Gasteiger partial charge in [-0.15, -0.1) is 0 Å². The first-order valence-electron chi connectivity index (χ1n) is 10.3. The van der Waals surface area contributed by atoms with Crippen molar-refractivity contribution in [1.29, 1.82) is 0 Å². The standard InChI is InChI=1S/C22H15F6N3O5/c23-21(24,25)11-3-1-5-13(7-11)29-17(32)9-15(19(29)34)31(36)16-10-18(33)30(20(16)35)14-6-2-4-12(8-14)22(26,27)28/h1-8,15-16,36H,9-10H2. The van der Waals surface area contributed by atoms with Gasteiger partial charge in [0.15, 0.2) is 0 Å². The fraction of sp³-hybridized carbons (Fsp3) is 0.273. The van der Waals surface area contributed by atoms with Gasteiger partial charge in [-0.2, -0.15) is 31.4 Å². The highest BCUT2D eigenvalue weighted by molar-refractivity contribution is 6.24. The second kappa shape index (κ2) is 8.71. The number of halogens is 6. The van der Waals surface area contributed by atoms with E-state index in [9.17, 15) is 50.7 Å². The van der Waals surface area contributed by atoms with Gasteiger partial charge in [0.1, 0.15) is 12.1 Å². The van der Waals surface area contributed by atoms with Crippen LogP contribution >= 0.6 is 0 Å². The van der Waals surface area contributed by atoms with Gasteiger partial charge in [-0.05, 0) is 36.4 Å². The van der Waals surface area contributed by atoms with E-state index in [0.29, 0.717) is 21.9 Å². The summed E-state index contributed by atoms with van der Waals surface area (Å²) in [6.45, 7) is 0. The number of benzene rings is 2. The second-order valence-electron chi connectivity index (χ2n) is 8.05. The van der Waals surface area contributed by atoms with Crippen LogP contribution in [-0.2, 0) is 31.5 Å². The molecule has 0 aromatic heterocycles. The van der Waals surface area contributed by atoms with Crippen molar-refractivity contribution in [1.82, 2.24) is 5.06 Å². The zero-order valence-electron chi connectivity index (χ0n) is 17.9. The molecule has 2 aromatic rings. The molecule has 2 atom stereocenters. The number of rotatable bonds is 4. The molecule has 0 radical (unpaired) electrons. The topological polar surface area (TPSA) is 98.2 Å². The Labute approximate surface area is 198 Å². The Kier molecular flexibility index (Phi) is 6.12. The number of nitrogens with zero attached hydrogens (tertiary/aromatic N) is 3. The van der Waals surface area contributed by atoms with Crippen LogP contribution < -0.4 is 9.80 Å². The molecule has 8 nitrogen and oxygen atoms in total. The molecule has 14 heteroatoms. The lowest BCUT2D eigenvalue weighted by Gasteiger charge is -2.25. The molecular formula is C22H15F6N3O5. The first-order valence-corrected chi connectivity index (χ1v) is 10.3. The molecule has 190 valence electrons. The van der Waals surface area contributed by atoms with Crippen molar-refractivity contribution in [2.45, 2.75) is 37.3 Å². The van der Waals surface area contributed by atoms with Gasteiger partial charge in [0.25, 0.3) is 11.8 Å². The SMILES string of the molecule is O=C1CC(N(O)C2CC(=O)N(c3cccc(C(F)(F)F)c3)C2=O)C(=O)N1c1cccc(C(F)(F)F)c1. The molecule has 4 amide bonds. The number of amides is 4. The van der Waals surface area contributed by atoms with E-state index in [1.54, 1.807) is 0 Å². The Morgan fingerprint density at radius 2 is 1.06 bits per heavy atom. The molecule has 36 heavy (non-hydrogen) atoms. The van der Waals surface area contributed by atoms with Crippen molar-refractivity contribution >= 4 is 35.0 Å². The maximum atomic E-state index is 13.0. The number of alkyl halides is 6. The van der Waals surface area contributed by atoms with Gasteiger partial charge in [0.2, 0.25) is 11.8 Å². The van der Waals surface area contributed by atoms with Crippen LogP contribution in [0.4, 0.5) is 37.7 Å². The summed E-state index contributed by atoms with van der Waals surface area (Å²) in [4.78, 5) is 51.5. The van der Waals surface area contributed by atoms with Crippen molar-refractivity contribution in [3.63, 3.8) is 0 Å². The molecule has 2 aromatic carbocycles. The largest absolute Gasteiger partial charge is 0.416 e. The van der Waals surface area contributed by atoms with Crippen molar-refractivity contribution in [2.24, 2.45) is 0 Å². The summed E-state index contributed by atoms with van der Waals surface area (Å²) in [5.41, 5.74) is -3.07. The van der Waals surface area contributed by atoms with E-state index in [-0.39, 0.29) is 5.06 Å². The van der Waals surface area contributed by atoms with E-state index in [1.165, 1.54) is 0 Å². The Morgan fingerprint density at radius 3 is 1.39 bits per heavy atom. The zero-order valence-corrected chi connectivity index (χ0v) is 17.9. The van der Waals surface area contributed by atoms with Crippen molar-refractivity contribution in [2.75, 3.05) is 9.80 Å². The average molecular weight is 515 g/mol. The van der Waals surface area contributed by atoms with Gasteiger partial charge in [-0.3, -0.25) is 19.2 Å². The Balaban J connectivity index is 1.57. The average Bonchev–Trinajstić information content (AvgIpc) is 3.26. The predicted molar refractivity (Wildman–Crippen MR) is 108 cm³/mol. The zero-order chi connectivity index (χ0) is 26.6. The lowest BCUT2D eigenvalue weighted by atomic mass is 10.1. The number of anilines is 2. The fourth-order valence-corrected chi connectivity index (χ4v) is 4.05. The number of carbonyl (C=O) groups is 4. The van der Waals surface area contributed by atoms with E-state index in [1.807, 2.05) is 0 Å². The highest BCUT2D eigenvalue weighted by atomic mass is 19.4. The van der Waals surface area contributed by atoms with Crippen LogP contribution in [-0.4, -0.2) is 46.0 Å². The maximum Gasteiger partial charge on any atom is 0.416 e. The lowest BCUT2D eigenvalue weighted by molar-refractivity contribution is -0.172. The van der Waals surface area contributed by atoms with Gasteiger partial charge >= 0.3 is 12.4 Å². The van der Waals surface area contributed by atoms with Crippen molar-refractivity contribution < 1.29 is 50.7 Å². The summed E-state index contributed by atoms with van der Waals surface area (Å²) in [7, 11) is 0. The third-order valence-electron chi connectivity index (χ3n) is 5.75. The molecule has 0 aliphatic carbocycles. The maximum absolute atomic E-state index is 13.0. The van der Waals surface area contributed by atoms with E-state index < -0.39 is 83.4 Å². The number of hydrogen-bond acceptors (Lipinski definition) is 6. The quantitative estimate of drug-likeness (QED) is 0.381. The Bertz CT molecular complexity index is 1170. The van der Waals surface area contributed by atoms with Crippen LogP contribution in [0.15, 0.2) is 48.5 Å². The highest BCUT2D eigenvalue weighted by Gasteiger charge is 2.51. The van der Waals surface area contributed by atoms with Gasteiger partial charge in [0, 0.05) is 0 Å². The van der Waals surface area contributed by atoms with Gasteiger partial charge in [-0.1, -0.05) is 12.1 Å². The molecule has 0 saturated carbocycles. The highest BCUT2D eigenvalue weighted by Crippen LogP contribution is 2.36. The predicted octanol–water partition coefficient (Wildman–Crippen LogP) is 3.38. The number of imide groups is 2. The van der Waals surface area contributed by atoms with Crippen LogP contribution in [0.2, 0.25) is 0 Å². The Morgan fingerprint density at radius 1 is 0.694 bits per heavy atom. The minimum absolute atomic E-state index is 0.154. The van der Waals surface area contributed by atoms with Crippen LogP contribution in [0, 0.1) is 0 Å². The monoisotopic (exact) mass is 515 g/mol. The molecule has 2 unspecified atom stereocenters. The minimum Gasteiger partial charge on any atom is -0.312 e. The van der Waals surface area contributed by atoms with Crippen molar-refractivity contribution in [3.8, 4) is 0 Å². The number of carbonyl (C=O) groups excluding carboxylic acids is 4. The lowest BCUT2D eigenvalue weighted by Crippen LogP contribution is -2.49. The van der Waals surface area contributed by atoms with Crippen molar-refractivity contribution in [3.05, 3.63) is 59.7 Å². The number of hydrogen-bond donors (Lipinski definition) is 1. The van der Waals surface area contributed by atoms with E-state index in [2.05, 4.69) is 0 Å². The van der Waals surface area contributed by atoms with E-state index in [0.717, 1.165) is 36.4 Å². The molecule has 2 fully saturated rings. The smallest absolute Gasteiger partial charge is 0.312 e. The third kappa shape index (κ3) is 4.44. The summed E-state index contributed by atoms with van der Waals surface area (Å²) in [6, 6.07) is 3.29. The molecule has 4 rings (SSSR count). The molecular weight excluding hydrogens is 500 g/mol. The molecule has 2 aliphatic rings. The van der Waals surface area contributed by atoms with E-state index in [4.69, 9.17) is 0 Å². The second-order valence-corrected chi connectivity index (χ2v) is 8.05. The van der Waals surface area contributed by atoms with Gasteiger partial charge in [0.05, 0.1) is 35.3 Å². The molecule has 2 heterocycles. The fourth-order valence-electron chi connectivity index (χ4n) is 4.05. The van der Waals surface area contributed by atoms with Gasteiger partial charge in [-0.25, -0.2) is 9.80 Å². The summed E-state index contributed by atoms with van der Waals surface area (Å²) in [5, 5.41) is 10.8. The van der Waals surface area contributed by atoms with Gasteiger partial charge < -0.3 is 5.21 Å². The summed E-state index contributed by atoms with van der Waals surface area (Å²) < 4.78 is 78.2. The molecule has 0 bridgehead atoms. The summed E-state index contributed by atoms with van der Waals surface area (Å²) >= 11 is 0. The molecule has 0 spiro atoms. The number of hydroxylamine groups is 2.